The molecule has 1 aliphatic heterocycles. The van der Waals surface area contributed by atoms with E-state index in [0.29, 0.717) is 0 Å². The number of carbonyl (C=O) groups is 2. The summed E-state index contributed by atoms with van der Waals surface area (Å²) in [6, 6.07) is 0. The molecular formula is C10H11N3O4. The van der Waals surface area contributed by atoms with Gasteiger partial charge >= 0.3 is 5.97 Å². The van der Waals surface area contributed by atoms with Crippen molar-refractivity contribution in [1.29, 1.82) is 0 Å². The van der Waals surface area contributed by atoms with Crippen molar-refractivity contribution in [2.24, 2.45) is 5.92 Å². The van der Waals surface area contributed by atoms with Crippen LogP contribution in [0, 0.1) is 5.92 Å². The van der Waals surface area contributed by atoms with Gasteiger partial charge in [-0.1, -0.05) is 0 Å². The molecule has 0 aromatic carbocycles. The quantitative estimate of drug-likeness (QED) is 0.735. The number of carboxylic acids is 1. The molecule has 1 unspecified atom stereocenters. The van der Waals surface area contributed by atoms with Crippen LogP contribution in [0.2, 0.25) is 0 Å². The van der Waals surface area contributed by atoms with Crippen LogP contribution in [0.4, 0.5) is 5.82 Å². The monoisotopic (exact) mass is 237 g/mol. The fraction of sp³-hybridized carbons (Fsp3) is 0.400. The summed E-state index contributed by atoms with van der Waals surface area (Å²) in [4.78, 5) is 31.4. The normalized spacial score (nSPS) is 19.7. The first-order valence-corrected chi connectivity index (χ1v) is 5.08. The number of rotatable bonds is 3. The third-order valence-corrected chi connectivity index (χ3v) is 2.64. The van der Waals surface area contributed by atoms with E-state index in [1.54, 1.807) is 0 Å². The van der Waals surface area contributed by atoms with E-state index in [4.69, 9.17) is 10.2 Å². The van der Waals surface area contributed by atoms with Gasteiger partial charge < -0.3 is 10.2 Å². The fourth-order valence-electron chi connectivity index (χ4n) is 1.80. The Morgan fingerprint density at radius 1 is 1.59 bits per heavy atom. The number of amides is 1. The van der Waals surface area contributed by atoms with Crippen molar-refractivity contribution in [3.05, 3.63) is 18.1 Å². The van der Waals surface area contributed by atoms with Crippen LogP contribution in [-0.4, -0.2) is 45.2 Å². The third-order valence-electron chi connectivity index (χ3n) is 2.64. The van der Waals surface area contributed by atoms with Crippen molar-refractivity contribution >= 4 is 17.7 Å². The Labute approximate surface area is 96.7 Å². The zero-order valence-electron chi connectivity index (χ0n) is 8.91. The first kappa shape index (κ1) is 11.5. The van der Waals surface area contributed by atoms with E-state index in [2.05, 4.69) is 9.97 Å². The minimum atomic E-state index is -1.18. The first-order valence-electron chi connectivity index (χ1n) is 5.08. The molecule has 7 nitrogen and oxygen atoms in total. The molecule has 1 amide bonds. The van der Waals surface area contributed by atoms with Gasteiger partial charge in [0.25, 0.3) is 0 Å². The van der Waals surface area contributed by atoms with Crippen molar-refractivity contribution in [2.45, 2.75) is 6.42 Å². The van der Waals surface area contributed by atoms with Crippen LogP contribution < -0.4 is 4.90 Å². The largest absolute Gasteiger partial charge is 0.477 e. The van der Waals surface area contributed by atoms with Gasteiger partial charge in [-0.2, -0.15) is 0 Å². The molecule has 90 valence electrons. The molecule has 0 radical (unpaired) electrons. The number of aromatic carboxylic acids is 1. The lowest BCUT2D eigenvalue weighted by atomic mass is 10.1. The Bertz CT molecular complexity index is 463. The highest BCUT2D eigenvalue weighted by Crippen LogP contribution is 2.25. The minimum Gasteiger partial charge on any atom is -0.477 e. The minimum absolute atomic E-state index is 0.0912. The number of anilines is 1. The molecule has 1 aromatic rings. The molecule has 1 aromatic heterocycles. The number of nitrogens with zero attached hydrogens (tertiary/aromatic N) is 3. The SMILES string of the molecule is O=C(O)c1cncnc1N1CC(CO)CC1=O. The number of carbonyl (C=O) groups excluding carboxylic acids is 1. The van der Waals surface area contributed by atoms with Crippen molar-refractivity contribution in [1.82, 2.24) is 9.97 Å². The van der Waals surface area contributed by atoms with Crippen LogP contribution in [0.25, 0.3) is 0 Å². The summed E-state index contributed by atoms with van der Waals surface area (Å²) < 4.78 is 0. The predicted molar refractivity (Wildman–Crippen MR) is 56.5 cm³/mol. The second-order valence-electron chi connectivity index (χ2n) is 3.82. The number of hydrogen-bond donors (Lipinski definition) is 2. The van der Waals surface area contributed by atoms with Crippen LogP contribution in [0.1, 0.15) is 16.8 Å². The topological polar surface area (TPSA) is 104 Å². The van der Waals surface area contributed by atoms with Gasteiger partial charge in [-0.25, -0.2) is 14.8 Å². The van der Waals surface area contributed by atoms with Crippen LogP contribution in [0.15, 0.2) is 12.5 Å². The molecule has 17 heavy (non-hydrogen) atoms. The summed E-state index contributed by atoms with van der Waals surface area (Å²) in [7, 11) is 0. The van der Waals surface area contributed by atoms with Crippen LogP contribution in [0.5, 0.6) is 0 Å². The number of aliphatic hydroxyl groups is 1. The van der Waals surface area contributed by atoms with Crippen LogP contribution >= 0.6 is 0 Å². The molecule has 2 rings (SSSR count). The van der Waals surface area contributed by atoms with E-state index < -0.39 is 5.97 Å². The number of aliphatic hydroxyl groups excluding tert-OH is 1. The summed E-state index contributed by atoms with van der Waals surface area (Å²) >= 11 is 0. The van der Waals surface area contributed by atoms with E-state index in [1.165, 1.54) is 11.2 Å². The Kier molecular flexibility index (Phi) is 3.01. The molecule has 0 saturated carbocycles. The van der Waals surface area contributed by atoms with Crippen LogP contribution in [0.3, 0.4) is 0 Å². The lowest BCUT2D eigenvalue weighted by Gasteiger charge is -2.16. The van der Waals surface area contributed by atoms with Gasteiger partial charge in [-0.05, 0) is 0 Å². The molecule has 1 fully saturated rings. The average Bonchev–Trinajstić information content (AvgIpc) is 2.70. The third kappa shape index (κ3) is 2.09. The Morgan fingerprint density at radius 3 is 2.94 bits per heavy atom. The molecule has 7 heteroatoms. The Balaban J connectivity index is 2.35. The summed E-state index contributed by atoms with van der Waals surface area (Å²) in [5, 5.41) is 18.0. The molecule has 2 heterocycles. The molecule has 1 aliphatic rings. The van der Waals surface area contributed by atoms with Crippen LogP contribution in [-0.2, 0) is 4.79 Å². The van der Waals surface area contributed by atoms with E-state index in [-0.39, 0.29) is 42.8 Å². The van der Waals surface area contributed by atoms with Crippen molar-refractivity contribution in [3.8, 4) is 0 Å². The Hall–Kier alpha value is -2.02. The molecule has 2 N–H and O–H groups in total. The van der Waals surface area contributed by atoms with E-state index in [0.717, 1.165) is 6.20 Å². The van der Waals surface area contributed by atoms with Gasteiger partial charge in [0.1, 0.15) is 11.9 Å². The summed E-state index contributed by atoms with van der Waals surface area (Å²) in [5.74, 6) is -1.49. The highest BCUT2D eigenvalue weighted by Gasteiger charge is 2.33. The maximum atomic E-state index is 11.7. The van der Waals surface area contributed by atoms with Gasteiger partial charge in [0, 0.05) is 31.7 Å². The van der Waals surface area contributed by atoms with Crippen molar-refractivity contribution in [2.75, 3.05) is 18.1 Å². The standard InChI is InChI=1S/C10H11N3O4/c14-4-6-1-8(15)13(3-6)9-7(10(16)17)2-11-5-12-9/h2,5-6,14H,1,3-4H2,(H,16,17). The van der Waals surface area contributed by atoms with Gasteiger partial charge in [0.2, 0.25) is 5.91 Å². The molecule has 1 atom stereocenters. The molecule has 0 spiro atoms. The predicted octanol–water partition coefficient (Wildman–Crippen LogP) is -0.480. The first-order chi connectivity index (χ1) is 8.13. The maximum absolute atomic E-state index is 11.7. The second kappa shape index (κ2) is 4.46. The zero-order chi connectivity index (χ0) is 12.4. The van der Waals surface area contributed by atoms with Gasteiger partial charge in [0.15, 0.2) is 5.82 Å². The number of hydrogen-bond acceptors (Lipinski definition) is 5. The van der Waals surface area contributed by atoms with E-state index in [1.807, 2.05) is 0 Å². The summed E-state index contributed by atoms with van der Waals surface area (Å²) in [6.07, 6.45) is 2.56. The number of aromatic nitrogens is 2. The van der Waals surface area contributed by atoms with Gasteiger partial charge in [0.05, 0.1) is 0 Å². The Morgan fingerprint density at radius 2 is 2.35 bits per heavy atom. The summed E-state index contributed by atoms with van der Waals surface area (Å²) in [5.41, 5.74) is -0.112. The van der Waals surface area contributed by atoms with Crippen molar-refractivity contribution in [3.63, 3.8) is 0 Å². The smallest absolute Gasteiger partial charge is 0.341 e. The number of carboxylic acid groups (broad SMARTS) is 1. The average molecular weight is 237 g/mol. The maximum Gasteiger partial charge on any atom is 0.341 e. The summed E-state index contributed by atoms with van der Waals surface area (Å²) in [6.45, 7) is 0.183. The zero-order valence-corrected chi connectivity index (χ0v) is 8.91. The second-order valence-corrected chi connectivity index (χ2v) is 3.82. The van der Waals surface area contributed by atoms with E-state index >= 15 is 0 Å². The molecular weight excluding hydrogens is 226 g/mol. The highest BCUT2D eigenvalue weighted by molar-refractivity contribution is 6.01. The van der Waals surface area contributed by atoms with Gasteiger partial charge in [-0.3, -0.25) is 9.69 Å². The van der Waals surface area contributed by atoms with Crippen molar-refractivity contribution < 1.29 is 19.8 Å². The fourth-order valence-corrected chi connectivity index (χ4v) is 1.80. The highest BCUT2D eigenvalue weighted by atomic mass is 16.4. The molecule has 1 saturated heterocycles. The molecule has 0 bridgehead atoms. The lowest BCUT2D eigenvalue weighted by Crippen LogP contribution is -2.28. The lowest BCUT2D eigenvalue weighted by molar-refractivity contribution is -0.117. The van der Waals surface area contributed by atoms with E-state index in [9.17, 15) is 9.59 Å². The molecule has 0 aliphatic carbocycles. The van der Waals surface area contributed by atoms with Gasteiger partial charge in [-0.15, -0.1) is 0 Å².